The third-order valence-electron chi connectivity index (χ3n) is 5.27. The highest BCUT2D eigenvalue weighted by Crippen LogP contribution is 2.34. The van der Waals surface area contributed by atoms with E-state index in [1.165, 1.54) is 0 Å². The Balaban J connectivity index is 1.58. The molecule has 9 heteroatoms. The van der Waals surface area contributed by atoms with E-state index < -0.39 is 0 Å². The molecule has 0 saturated carbocycles. The number of aromatic nitrogens is 3. The van der Waals surface area contributed by atoms with Crippen LogP contribution in [0.2, 0.25) is 0 Å². The molecule has 2 heterocycles. The molecule has 1 unspecified atom stereocenters. The molecule has 0 aliphatic carbocycles. The Morgan fingerprint density at radius 1 is 1.20 bits per heavy atom. The number of aryl methyl sites for hydroxylation is 2. The fourth-order valence-electron chi connectivity index (χ4n) is 3.65. The van der Waals surface area contributed by atoms with Crippen LogP contribution in [0.5, 0.6) is 17.2 Å². The second-order valence-corrected chi connectivity index (χ2v) is 7.12. The minimum atomic E-state index is 0.264. The molecule has 2 aromatic rings. The number of nitrogens with zero attached hydrogens (tertiary/aromatic N) is 4. The Hall–Kier alpha value is -2.97. The lowest BCUT2D eigenvalue weighted by molar-refractivity contribution is 0.368. The fourth-order valence-corrected chi connectivity index (χ4v) is 3.65. The maximum Gasteiger partial charge on any atom is 0.191 e. The zero-order valence-corrected chi connectivity index (χ0v) is 18.5. The summed E-state index contributed by atoms with van der Waals surface area (Å²) in [6.07, 6.45) is 3.50. The molecule has 1 atom stereocenters. The Kier molecular flexibility index (Phi) is 7.37. The molecule has 1 aliphatic rings. The predicted octanol–water partition coefficient (Wildman–Crippen LogP) is 1.59. The highest BCUT2D eigenvalue weighted by atomic mass is 16.5. The van der Waals surface area contributed by atoms with Crippen LogP contribution in [0, 0.1) is 0 Å². The van der Waals surface area contributed by atoms with Crippen LogP contribution in [0.25, 0.3) is 0 Å². The van der Waals surface area contributed by atoms with E-state index in [-0.39, 0.29) is 6.04 Å². The van der Waals surface area contributed by atoms with Gasteiger partial charge in [-0.2, -0.15) is 5.10 Å². The molecule has 1 aromatic heterocycles. The second-order valence-electron chi connectivity index (χ2n) is 7.12. The summed E-state index contributed by atoms with van der Waals surface area (Å²) in [5.41, 5.74) is 0.987. The average Bonchev–Trinajstić information content (AvgIpc) is 3.20. The predicted molar refractivity (Wildman–Crippen MR) is 116 cm³/mol. The summed E-state index contributed by atoms with van der Waals surface area (Å²) >= 11 is 0. The van der Waals surface area contributed by atoms with Crippen LogP contribution in [-0.2, 0) is 25.8 Å². The second kappa shape index (κ2) is 10.2. The normalized spacial score (nSPS) is 16.0. The van der Waals surface area contributed by atoms with Crippen LogP contribution < -0.4 is 24.8 Å². The van der Waals surface area contributed by atoms with Gasteiger partial charge in [0.05, 0.1) is 27.9 Å². The van der Waals surface area contributed by atoms with Gasteiger partial charge in [-0.25, -0.2) is 9.67 Å². The van der Waals surface area contributed by atoms with Crippen LogP contribution >= 0.6 is 0 Å². The van der Waals surface area contributed by atoms with E-state index in [2.05, 4.69) is 32.6 Å². The summed E-state index contributed by atoms with van der Waals surface area (Å²) in [6.45, 7) is 3.55. The minimum absolute atomic E-state index is 0.264. The summed E-state index contributed by atoms with van der Waals surface area (Å²) in [4.78, 5) is 8.95. The number of fused-ring (bicyclic) bond motifs is 1. The number of guanidine groups is 1. The molecule has 1 aliphatic heterocycles. The van der Waals surface area contributed by atoms with E-state index >= 15 is 0 Å². The number of methoxy groups -OCH3 is 3. The summed E-state index contributed by atoms with van der Waals surface area (Å²) in [6, 6.07) is 4.00. The Labute approximate surface area is 177 Å². The summed E-state index contributed by atoms with van der Waals surface area (Å²) in [7, 11) is 6.71. The number of ether oxygens (including phenoxy) is 3. The standard InChI is InChI=1S/C21H32N6O3/c1-6-19-25-20-8-7-14(13-27(20)26-19)24-21(22-2)23-10-9-16-17(29-4)11-15(28-3)12-18(16)30-5/h11-12,14H,6-10,13H2,1-5H3,(H2,22,23,24). The summed E-state index contributed by atoms with van der Waals surface area (Å²) in [5.74, 6) is 4.95. The first-order valence-corrected chi connectivity index (χ1v) is 10.3. The van der Waals surface area contributed by atoms with Gasteiger partial charge in [0, 0.05) is 50.2 Å². The molecule has 2 N–H and O–H groups in total. The van der Waals surface area contributed by atoms with Crippen molar-refractivity contribution in [3.05, 3.63) is 29.3 Å². The molecule has 0 saturated heterocycles. The van der Waals surface area contributed by atoms with E-state index in [0.29, 0.717) is 12.3 Å². The first-order chi connectivity index (χ1) is 14.6. The fraction of sp³-hybridized carbons (Fsp3) is 0.571. The van der Waals surface area contributed by atoms with Crippen LogP contribution in [0.1, 0.15) is 30.6 Å². The van der Waals surface area contributed by atoms with Gasteiger partial charge in [-0.3, -0.25) is 4.99 Å². The molecule has 164 valence electrons. The SMILES string of the molecule is CCc1nc2n(n1)CC(NC(=NC)NCCc1c(OC)cc(OC)cc1OC)CC2. The number of benzene rings is 1. The molecule has 0 bridgehead atoms. The average molecular weight is 417 g/mol. The van der Waals surface area contributed by atoms with Crippen molar-refractivity contribution >= 4 is 5.96 Å². The van der Waals surface area contributed by atoms with Gasteiger partial charge < -0.3 is 24.8 Å². The quantitative estimate of drug-likeness (QED) is 0.498. The van der Waals surface area contributed by atoms with E-state index in [1.807, 2.05) is 16.8 Å². The molecule has 9 nitrogen and oxygen atoms in total. The van der Waals surface area contributed by atoms with Gasteiger partial charge in [-0.1, -0.05) is 6.92 Å². The highest BCUT2D eigenvalue weighted by Gasteiger charge is 2.22. The smallest absolute Gasteiger partial charge is 0.191 e. The van der Waals surface area contributed by atoms with E-state index in [0.717, 1.165) is 66.9 Å². The van der Waals surface area contributed by atoms with Crippen molar-refractivity contribution in [2.45, 2.75) is 45.2 Å². The molecule has 3 rings (SSSR count). The van der Waals surface area contributed by atoms with Gasteiger partial charge in [0.15, 0.2) is 11.8 Å². The van der Waals surface area contributed by atoms with Gasteiger partial charge in [-0.15, -0.1) is 0 Å². The zero-order chi connectivity index (χ0) is 21.5. The molecular weight excluding hydrogens is 384 g/mol. The van der Waals surface area contributed by atoms with E-state index in [9.17, 15) is 0 Å². The lowest BCUT2D eigenvalue weighted by Crippen LogP contribution is -2.47. The van der Waals surface area contributed by atoms with Crippen LogP contribution in [0.4, 0.5) is 0 Å². The first kappa shape index (κ1) is 21.7. The number of hydrogen-bond donors (Lipinski definition) is 2. The monoisotopic (exact) mass is 416 g/mol. The molecule has 1 aromatic carbocycles. The number of nitrogens with one attached hydrogen (secondary N) is 2. The van der Waals surface area contributed by atoms with Gasteiger partial charge in [0.1, 0.15) is 23.1 Å². The largest absolute Gasteiger partial charge is 0.496 e. The van der Waals surface area contributed by atoms with Crippen molar-refractivity contribution in [2.24, 2.45) is 4.99 Å². The lowest BCUT2D eigenvalue weighted by Gasteiger charge is -2.25. The number of aliphatic imine (C=N–C) groups is 1. The Bertz CT molecular complexity index is 855. The first-order valence-electron chi connectivity index (χ1n) is 10.3. The third kappa shape index (κ3) is 4.95. The maximum absolute atomic E-state index is 5.53. The van der Waals surface area contributed by atoms with Crippen LogP contribution in [-0.4, -0.2) is 61.7 Å². The van der Waals surface area contributed by atoms with Gasteiger partial charge in [-0.05, 0) is 12.8 Å². The molecule has 30 heavy (non-hydrogen) atoms. The van der Waals surface area contributed by atoms with E-state index in [1.54, 1.807) is 28.4 Å². The summed E-state index contributed by atoms with van der Waals surface area (Å²) < 4.78 is 18.4. The Morgan fingerprint density at radius 2 is 1.93 bits per heavy atom. The zero-order valence-electron chi connectivity index (χ0n) is 18.5. The van der Waals surface area contributed by atoms with E-state index in [4.69, 9.17) is 14.2 Å². The van der Waals surface area contributed by atoms with Gasteiger partial charge in [0.2, 0.25) is 0 Å². The van der Waals surface area contributed by atoms with Crippen LogP contribution in [0.15, 0.2) is 17.1 Å². The van der Waals surface area contributed by atoms with Crippen molar-refractivity contribution in [3.63, 3.8) is 0 Å². The van der Waals surface area contributed by atoms with Gasteiger partial charge in [0.25, 0.3) is 0 Å². The van der Waals surface area contributed by atoms with Crippen molar-refractivity contribution in [2.75, 3.05) is 34.9 Å². The Morgan fingerprint density at radius 3 is 2.53 bits per heavy atom. The molecule has 0 spiro atoms. The van der Waals surface area contributed by atoms with Crippen molar-refractivity contribution in [1.82, 2.24) is 25.4 Å². The van der Waals surface area contributed by atoms with Crippen molar-refractivity contribution < 1.29 is 14.2 Å². The minimum Gasteiger partial charge on any atom is -0.496 e. The summed E-state index contributed by atoms with van der Waals surface area (Å²) in [5, 5.41) is 11.5. The van der Waals surface area contributed by atoms with Crippen molar-refractivity contribution in [1.29, 1.82) is 0 Å². The molecule has 0 amide bonds. The molecule has 0 fully saturated rings. The van der Waals surface area contributed by atoms with Crippen molar-refractivity contribution in [3.8, 4) is 17.2 Å². The molecule has 0 radical (unpaired) electrons. The number of hydrogen-bond acceptors (Lipinski definition) is 6. The topological polar surface area (TPSA) is 94.8 Å². The third-order valence-corrected chi connectivity index (χ3v) is 5.27. The highest BCUT2D eigenvalue weighted by molar-refractivity contribution is 5.80. The molecular formula is C21H32N6O3. The number of rotatable bonds is 8. The lowest BCUT2D eigenvalue weighted by atomic mass is 10.1. The van der Waals surface area contributed by atoms with Gasteiger partial charge >= 0.3 is 0 Å². The maximum atomic E-state index is 5.53. The van der Waals surface area contributed by atoms with Crippen LogP contribution in [0.3, 0.4) is 0 Å².